The molecule has 0 aliphatic rings. The molecule has 1 atom stereocenters. The molecule has 0 rings (SSSR count). The molecular formula is C18H32O5. The highest BCUT2D eigenvalue weighted by molar-refractivity contribution is 6.00. The van der Waals surface area contributed by atoms with Crippen LogP contribution in [0, 0.1) is 0 Å². The van der Waals surface area contributed by atoms with E-state index in [1.54, 1.807) is 0 Å². The number of carbonyl (C=O) groups is 2. The third kappa shape index (κ3) is 15.2. The van der Waals surface area contributed by atoms with Gasteiger partial charge in [-0.2, -0.15) is 0 Å². The summed E-state index contributed by atoms with van der Waals surface area (Å²) in [6.07, 6.45) is 6.37. The molecule has 0 fully saturated rings. The number of hydrogen-bond acceptors (Lipinski definition) is 5. The fourth-order valence-corrected chi connectivity index (χ4v) is 1.51. The highest BCUT2D eigenvalue weighted by atomic mass is 16.6. The molecule has 5 heteroatoms. The molecular weight excluding hydrogens is 296 g/mol. The molecule has 0 spiro atoms. The molecule has 0 amide bonds. The molecule has 134 valence electrons. The minimum absolute atomic E-state index is 0.143. The van der Waals surface area contributed by atoms with Gasteiger partial charge in [-0.3, -0.25) is 0 Å². The minimum Gasteiger partial charge on any atom is -0.394 e. The number of carbonyl (C=O) groups excluding carboxylic acids is 2. The van der Waals surface area contributed by atoms with E-state index in [1.807, 2.05) is 0 Å². The van der Waals surface area contributed by atoms with Gasteiger partial charge in [0.15, 0.2) is 0 Å². The number of unbranched alkanes of at least 4 members (excludes halogenated alkanes) is 2. The first-order chi connectivity index (χ1) is 10.8. The lowest BCUT2D eigenvalue weighted by Gasteiger charge is -2.14. The monoisotopic (exact) mass is 328 g/mol. The van der Waals surface area contributed by atoms with E-state index < -0.39 is 11.9 Å². The van der Waals surface area contributed by atoms with E-state index >= 15 is 0 Å². The summed E-state index contributed by atoms with van der Waals surface area (Å²) in [5.74, 6) is -1.42. The molecule has 0 aliphatic carbocycles. The fraction of sp³-hybridized carbons (Fsp3) is 0.667. The van der Waals surface area contributed by atoms with Gasteiger partial charge in [0.25, 0.3) is 0 Å². The zero-order valence-electron chi connectivity index (χ0n) is 15.0. The number of hydrogen-bond donors (Lipinski definition) is 1. The van der Waals surface area contributed by atoms with Gasteiger partial charge in [-0.05, 0) is 26.7 Å². The summed E-state index contributed by atoms with van der Waals surface area (Å²) in [5, 5.41) is 8.56. The third-order valence-corrected chi connectivity index (χ3v) is 2.91. The second-order valence-corrected chi connectivity index (χ2v) is 5.36. The van der Waals surface area contributed by atoms with E-state index in [4.69, 9.17) is 9.84 Å². The van der Waals surface area contributed by atoms with Crippen LogP contribution in [0.2, 0.25) is 0 Å². The van der Waals surface area contributed by atoms with Crippen LogP contribution in [0.5, 0.6) is 0 Å². The van der Waals surface area contributed by atoms with Gasteiger partial charge in [-0.25, -0.2) is 9.59 Å². The Balaban J connectivity index is 0. The lowest BCUT2D eigenvalue weighted by atomic mass is 10.1. The third-order valence-electron chi connectivity index (χ3n) is 2.91. The second-order valence-electron chi connectivity index (χ2n) is 5.36. The van der Waals surface area contributed by atoms with Crippen molar-refractivity contribution in [1.29, 1.82) is 0 Å². The Hall–Kier alpha value is -1.46. The predicted molar refractivity (Wildman–Crippen MR) is 92.0 cm³/mol. The summed E-state index contributed by atoms with van der Waals surface area (Å²) in [7, 11) is 0. The predicted octanol–water partition coefficient (Wildman–Crippen LogP) is 3.56. The molecule has 0 bridgehead atoms. The second kappa shape index (κ2) is 15.4. The van der Waals surface area contributed by atoms with Crippen molar-refractivity contribution in [2.75, 3.05) is 13.2 Å². The minimum atomic E-state index is -0.710. The first-order valence-electron chi connectivity index (χ1n) is 8.09. The first-order valence-corrected chi connectivity index (χ1v) is 8.09. The standard InChI is InChI=1S/C10H22O2.C8H10O3/c1-3-5-6-7-10(4-2)12-9-8-11;1-5(2)7(9)11-8(10)6(3)4/h10-11H,3-9H2,1-2H3;1,3H2,2,4H3. The van der Waals surface area contributed by atoms with Gasteiger partial charge in [0.2, 0.25) is 0 Å². The molecule has 0 aromatic rings. The molecule has 0 aromatic heterocycles. The molecule has 0 aromatic carbocycles. The maximum Gasteiger partial charge on any atom is 0.340 e. The van der Waals surface area contributed by atoms with E-state index in [0.717, 1.165) is 12.8 Å². The Labute approximate surface area is 140 Å². The van der Waals surface area contributed by atoms with Crippen molar-refractivity contribution in [3.63, 3.8) is 0 Å². The van der Waals surface area contributed by atoms with Gasteiger partial charge in [-0.15, -0.1) is 0 Å². The number of aliphatic hydroxyl groups excluding tert-OH is 1. The van der Waals surface area contributed by atoms with Crippen molar-refractivity contribution in [3.05, 3.63) is 24.3 Å². The van der Waals surface area contributed by atoms with Crippen molar-refractivity contribution in [3.8, 4) is 0 Å². The Kier molecular flexibility index (Phi) is 16.0. The highest BCUT2D eigenvalue weighted by Gasteiger charge is 2.10. The van der Waals surface area contributed by atoms with Crippen LogP contribution in [0.1, 0.15) is 59.8 Å². The van der Waals surface area contributed by atoms with Crippen LogP contribution in [0.25, 0.3) is 0 Å². The average Bonchev–Trinajstić information content (AvgIpc) is 2.51. The lowest BCUT2D eigenvalue weighted by molar-refractivity contribution is -0.153. The van der Waals surface area contributed by atoms with Gasteiger partial charge >= 0.3 is 11.9 Å². The van der Waals surface area contributed by atoms with Crippen molar-refractivity contribution in [1.82, 2.24) is 0 Å². The van der Waals surface area contributed by atoms with Crippen molar-refractivity contribution in [2.45, 2.75) is 65.9 Å². The van der Waals surface area contributed by atoms with Crippen LogP contribution in [-0.4, -0.2) is 36.4 Å². The first kappa shape index (κ1) is 23.8. The summed E-state index contributed by atoms with van der Waals surface area (Å²) < 4.78 is 9.73. The van der Waals surface area contributed by atoms with Gasteiger partial charge in [-0.1, -0.05) is 46.3 Å². The quantitative estimate of drug-likeness (QED) is 0.287. The van der Waals surface area contributed by atoms with E-state index in [1.165, 1.54) is 33.1 Å². The maximum atomic E-state index is 10.7. The normalized spacial score (nSPS) is 11.0. The molecule has 0 aliphatic heterocycles. The van der Waals surface area contributed by atoms with Crippen LogP contribution in [0.15, 0.2) is 24.3 Å². The molecule has 23 heavy (non-hydrogen) atoms. The van der Waals surface area contributed by atoms with Crippen LogP contribution in [0.3, 0.4) is 0 Å². The molecule has 1 N–H and O–H groups in total. The molecule has 1 unspecified atom stereocenters. The zero-order valence-corrected chi connectivity index (χ0v) is 15.0. The largest absolute Gasteiger partial charge is 0.394 e. The maximum absolute atomic E-state index is 10.7. The van der Waals surface area contributed by atoms with Crippen LogP contribution in [0.4, 0.5) is 0 Å². The van der Waals surface area contributed by atoms with Crippen molar-refractivity contribution in [2.24, 2.45) is 0 Å². The van der Waals surface area contributed by atoms with Gasteiger partial charge in [0.05, 0.1) is 19.3 Å². The molecule has 0 heterocycles. The number of ether oxygens (including phenoxy) is 2. The Morgan fingerprint density at radius 2 is 1.57 bits per heavy atom. The van der Waals surface area contributed by atoms with E-state index in [0.29, 0.717) is 12.7 Å². The zero-order chi connectivity index (χ0) is 18.3. The summed E-state index contributed by atoms with van der Waals surface area (Å²) >= 11 is 0. The molecule has 0 radical (unpaired) electrons. The highest BCUT2D eigenvalue weighted by Crippen LogP contribution is 2.09. The summed E-state index contributed by atoms with van der Waals surface area (Å²) in [5.41, 5.74) is 0.388. The molecule has 0 saturated heterocycles. The number of aliphatic hydroxyl groups is 1. The topological polar surface area (TPSA) is 72.8 Å². The number of rotatable bonds is 10. The number of esters is 2. The lowest BCUT2D eigenvalue weighted by Crippen LogP contribution is -2.14. The Morgan fingerprint density at radius 1 is 1.04 bits per heavy atom. The van der Waals surface area contributed by atoms with Crippen LogP contribution >= 0.6 is 0 Å². The van der Waals surface area contributed by atoms with Gasteiger partial charge < -0.3 is 14.6 Å². The fourth-order valence-electron chi connectivity index (χ4n) is 1.51. The molecule has 0 saturated carbocycles. The molecule has 5 nitrogen and oxygen atoms in total. The van der Waals surface area contributed by atoms with Gasteiger partial charge in [0, 0.05) is 11.1 Å². The Morgan fingerprint density at radius 3 is 1.91 bits per heavy atom. The SMILES string of the molecule is C=C(C)C(=O)OC(=O)C(=C)C.CCCCCC(CC)OCCO. The van der Waals surface area contributed by atoms with Crippen molar-refractivity contribution >= 4 is 11.9 Å². The van der Waals surface area contributed by atoms with E-state index in [-0.39, 0.29) is 17.8 Å². The van der Waals surface area contributed by atoms with Crippen molar-refractivity contribution < 1.29 is 24.2 Å². The average molecular weight is 328 g/mol. The smallest absolute Gasteiger partial charge is 0.340 e. The summed E-state index contributed by atoms with van der Waals surface area (Å²) in [6, 6.07) is 0. The van der Waals surface area contributed by atoms with Crippen LogP contribution in [-0.2, 0) is 19.1 Å². The van der Waals surface area contributed by atoms with E-state index in [2.05, 4.69) is 31.7 Å². The summed E-state index contributed by atoms with van der Waals surface area (Å²) in [6.45, 7) is 14.5. The summed E-state index contributed by atoms with van der Waals surface area (Å²) in [4.78, 5) is 21.3. The Bertz CT molecular complexity index is 350. The van der Waals surface area contributed by atoms with Gasteiger partial charge in [0.1, 0.15) is 0 Å². The van der Waals surface area contributed by atoms with E-state index in [9.17, 15) is 9.59 Å². The van der Waals surface area contributed by atoms with Crippen LogP contribution < -0.4 is 0 Å².